The van der Waals surface area contributed by atoms with E-state index in [4.69, 9.17) is 4.74 Å². The Morgan fingerprint density at radius 3 is 2.73 bits per heavy atom. The maximum atomic E-state index is 9.62. The second kappa shape index (κ2) is 5.61. The average molecular weight is 209 g/mol. The summed E-state index contributed by atoms with van der Waals surface area (Å²) < 4.78 is 5.37. The first-order valence-electron chi connectivity index (χ1n) is 5.31. The van der Waals surface area contributed by atoms with Crippen molar-refractivity contribution in [2.75, 3.05) is 6.61 Å². The van der Waals surface area contributed by atoms with Crippen molar-refractivity contribution in [2.45, 2.75) is 33.4 Å². The van der Waals surface area contributed by atoms with Crippen LogP contribution < -0.4 is 10.1 Å². The van der Waals surface area contributed by atoms with Gasteiger partial charge in [-0.1, -0.05) is 13.8 Å². The minimum Gasteiger partial charge on any atom is -0.508 e. The highest BCUT2D eigenvalue weighted by Crippen LogP contribution is 2.22. The number of hydrogen-bond acceptors (Lipinski definition) is 3. The Kier molecular flexibility index (Phi) is 4.43. The molecule has 0 amide bonds. The Hall–Kier alpha value is -1.22. The lowest BCUT2D eigenvalue weighted by Crippen LogP contribution is -2.21. The fraction of sp³-hybridized carbons (Fsp3) is 0.500. The maximum absolute atomic E-state index is 9.62. The lowest BCUT2D eigenvalue weighted by molar-refractivity contribution is 0.338. The molecule has 2 N–H and O–H groups in total. The fourth-order valence-corrected chi connectivity index (χ4v) is 1.27. The third kappa shape index (κ3) is 3.80. The molecule has 0 aromatic heterocycles. The number of aromatic hydroxyl groups is 1. The molecule has 0 aliphatic rings. The van der Waals surface area contributed by atoms with Gasteiger partial charge in [-0.3, -0.25) is 0 Å². The Morgan fingerprint density at radius 1 is 1.40 bits per heavy atom. The summed E-state index contributed by atoms with van der Waals surface area (Å²) in [6.45, 7) is 7.39. The summed E-state index contributed by atoms with van der Waals surface area (Å²) in [7, 11) is 0. The number of phenolic OH excluding ortho intramolecular Hbond substituents is 1. The summed E-state index contributed by atoms with van der Waals surface area (Å²) >= 11 is 0. The number of hydrogen-bond donors (Lipinski definition) is 2. The van der Waals surface area contributed by atoms with E-state index in [-0.39, 0.29) is 0 Å². The Balaban J connectivity index is 2.71. The van der Waals surface area contributed by atoms with Crippen LogP contribution in [-0.4, -0.2) is 17.8 Å². The van der Waals surface area contributed by atoms with Crippen molar-refractivity contribution < 1.29 is 9.84 Å². The first kappa shape index (κ1) is 11.9. The molecular formula is C12H19NO2. The molecule has 0 spiro atoms. The van der Waals surface area contributed by atoms with Crippen LogP contribution in [0.5, 0.6) is 11.5 Å². The number of rotatable bonds is 5. The molecule has 15 heavy (non-hydrogen) atoms. The van der Waals surface area contributed by atoms with E-state index in [2.05, 4.69) is 19.2 Å². The first-order valence-corrected chi connectivity index (χ1v) is 5.31. The molecule has 0 saturated carbocycles. The third-order valence-electron chi connectivity index (χ3n) is 2.06. The molecule has 0 aliphatic heterocycles. The molecule has 0 atom stereocenters. The van der Waals surface area contributed by atoms with Gasteiger partial charge in [-0.05, 0) is 25.1 Å². The predicted molar refractivity (Wildman–Crippen MR) is 61.3 cm³/mol. The molecule has 1 aromatic rings. The van der Waals surface area contributed by atoms with Crippen LogP contribution in [0.25, 0.3) is 0 Å². The van der Waals surface area contributed by atoms with E-state index >= 15 is 0 Å². The smallest absolute Gasteiger partial charge is 0.120 e. The van der Waals surface area contributed by atoms with E-state index in [1.165, 1.54) is 0 Å². The second-order valence-corrected chi connectivity index (χ2v) is 3.76. The summed E-state index contributed by atoms with van der Waals surface area (Å²) in [6, 6.07) is 5.72. The van der Waals surface area contributed by atoms with Gasteiger partial charge in [0.05, 0.1) is 6.61 Å². The van der Waals surface area contributed by atoms with Crippen LogP contribution in [0.15, 0.2) is 18.2 Å². The van der Waals surface area contributed by atoms with E-state index in [9.17, 15) is 5.11 Å². The molecule has 0 fully saturated rings. The van der Waals surface area contributed by atoms with Crippen molar-refractivity contribution in [3.8, 4) is 11.5 Å². The number of ether oxygens (including phenoxy) is 1. The Labute approximate surface area is 91.1 Å². The van der Waals surface area contributed by atoms with Gasteiger partial charge < -0.3 is 15.2 Å². The summed E-state index contributed by atoms with van der Waals surface area (Å²) in [6.07, 6.45) is 0. The van der Waals surface area contributed by atoms with Gasteiger partial charge >= 0.3 is 0 Å². The van der Waals surface area contributed by atoms with Gasteiger partial charge in [0.1, 0.15) is 11.5 Å². The highest BCUT2D eigenvalue weighted by Gasteiger charge is 2.03. The van der Waals surface area contributed by atoms with Crippen LogP contribution in [0.3, 0.4) is 0 Å². The molecule has 0 heterocycles. The predicted octanol–water partition coefficient (Wildman–Crippen LogP) is 2.29. The number of nitrogens with one attached hydrogen (secondary N) is 1. The molecule has 0 aliphatic carbocycles. The summed E-state index contributed by atoms with van der Waals surface area (Å²) in [4.78, 5) is 0. The van der Waals surface area contributed by atoms with Crippen LogP contribution >= 0.6 is 0 Å². The summed E-state index contributed by atoms with van der Waals surface area (Å²) in [5, 5.41) is 12.9. The molecule has 0 radical (unpaired) electrons. The highest BCUT2D eigenvalue weighted by molar-refractivity contribution is 5.39. The van der Waals surface area contributed by atoms with Gasteiger partial charge in [-0.25, -0.2) is 0 Å². The van der Waals surface area contributed by atoms with E-state index in [1.807, 2.05) is 13.0 Å². The lowest BCUT2D eigenvalue weighted by Gasteiger charge is -2.11. The lowest BCUT2D eigenvalue weighted by atomic mass is 10.2. The van der Waals surface area contributed by atoms with Gasteiger partial charge in [0, 0.05) is 18.2 Å². The van der Waals surface area contributed by atoms with E-state index < -0.39 is 0 Å². The molecule has 0 bridgehead atoms. The summed E-state index contributed by atoms with van der Waals surface area (Å²) in [5.41, 5.74) is 0.870. The van der Waals surface area contributed by atoms with Gasteiger partial charge in [0.15, 0.2) is 0 Å². The van der Waals surface area contributed by atoms with Crippen molar-refractivity contribution in [2.24, 2.45) is 0 Å². The maximum Gasteiger partial charge on any atom is 0.120 e. The number of phenols is 1. The minimum atomic E-state index is 0.312. The van der Waals surface area contributed by atoms with Crippen molar-refractivity contribution in [1.29, 1.82) is 0 Å². The monoisotopic (exact) mass is 209 g/mol. The van der Waals surface area contributed by atoms with Crippen molar-refractivity contribution in [1.82, 2.24) is 5.32 Å². The molecule has 0 unspecified atom stereocenters. The van der Waals surface area contributed by atoms with Crippen LogP contribution in [0.1, 0.15) is 26.3 Å². The highest BCUT2D eigenvalue weighted by atomic mass is 16.5. The molecular weight excluding hydrogens is 190 g/mol. The largest absolute Gasteiger partial charge is 0.508 e. The van der Waals surface area contributed by atoms with Gasteiger partial charge in [-0.15, -0.1) is 0 Å². The fourth-order valence-electron chi connectivity index (χ4n) is 1.27. The number of benzene rings is 1. The molecule has 84 valence electrons. The third-order valence-corrected chi connectivity index (χ3v) is 2.06. The van der Waals surface area contributed by atoms with Crippen molar-refractivity contribution in [3.05, 3.63) is 23.8 Å². The second-order valence-electron chi connectivity index (χ2n) is 3.76. The van der Waals surface area contributed by atoms with Crippen LogP contribution in [0, 0.1) is 0 Å². The quantitative estimate of drug-likeness (QED) is 0.781. The summed E-state index contributed by atoms with van der Waals surface area (Å²) in [5.74, 6) is 1.11. The SMILES string of the molecule is CCOc1ccc(O)c(CNC(C)C)c1. The van der Waals surface area contributed by atoms with Crippen molar-refractivity contribution >= 4 is 0 Å². The zero-order chi connectivity index (χ0) is 11.3. The van der Waals surface area contributed by atoms with E-state index in [1.54, 1.807) is 12.1 Å². The van der Waals surface area contributed by atoms with E-state index in [0.717, 1.165) is 11.3 Å². The molecule has 0 saturated heterocycles. The Morgan fingerprint density at radius 2 is 2.13 bits per heavy atom. The van der Waals surface area contributed by atoms with Gasteiger partial charge in [-0.2, -0.15) is 0 Å². The Bertz CT molecular complexity index is 310. The van der Waals surface area contributed by atoms with Crippen LogP contribution in [0.2, 0.25) is 0 Å². The van der Waals surface area contributed by atoms with Crippen LogP contribution in [0.4, 0.5) is 0 Å². The van der Waals surface area contributed by atoms with Gasteiger partial charge in [0.25, 0.3) is 0 Å². The normalized spacial score (nSPS) is 10.7. The standard InChI is InChI=1S/C12H19NO2/c1-4-15-11-5-6-12(14)10(7-11)8-13-9(2)3/h5-7,9,13-14H,4,8H2,1-3H3. The molecule has 3 nitrogen and oxygen atoms in total. The van der Waals surface area contributed by atoms with Gasteiger partial charge in [0.2, 0.25) is 0 Å². The molecule has 1 rings (SSSR count). The first-order chi connectivity index (χ1) is 7.13. The topological polar surface area (TPSA) is 41.5 Å². The molecule has 1 aromatic carbocycles. The van der Waals surface area contributed by atoms with Crippen molar-refractivity contribution in [3.63, 3.8) is 0 Å². The zero-order valence-electron chi connectivity index (χ0n) is 9.58. The van der Waals surface area contributed by atoms with E-state index in [0.29, 0.717) is 24.9 Å². The minimum absolute atomic E-state index is 0.312. The zero-order valence-corrected chi connectivity index (χ0v) is 9.58. The molecule has 3 heteroatoms. The average Bonchev–Trinajstić information content (AvgIpc) is 2.19. The van der Waals surface area contributed by atoms with Crippen LogP contribution in [-0.2, 0) is 6.54 Å².